The molecule has 2 heterocycles. The van der Waals surface area contributed by atoms with E-state index in [1.165, 1.54) is 0 Å². The number of nitrogens with zero attached hydrogens (tertiary/aromatic N) is 2. The van der Waals surface area contributed by atoms with Gasteiger partial charge in [0, 0.05) is 6.20 Å². The minimum absolute atomic E-state index is 0.0987. The summed E-state index contributed by atoms with van der Waals surface area (Å²) in [4.78, 5) is 42.4. The predicted octanol–water partition coefficient (Wildman–Crippen LogP) is 1.87. The highest BCUT2D eigenvalue weighted by atomic mass is 16.6. The van der Waals surface area contributed by atoms with E-state index in [-0.39, 0.29) is 12.5 Å². The molecule has 130 valence electrons. The zero-order chi connectivity index (χ0) is 17.9. The van der Waals surface area contributed by atoms with E-state index in [0.29, 0.717) is 12.1 Å². The van der Waals surface area contributed by atoms with Crippen LogP contribution in [0.3, 0.4) is 0 Å². The van der Waals surface area contributed by atoms with Crippen LogP contribution in [-0.4, -0.2) is 39.4 Å². The Morgan fingerprint density at radius 2 is 2.00 bits per heavy atom. The van der Waals surface area contributed by atoms with Crippen LogP contribution in [0.25, 0.3) is 0 Å². The molecule has 0 bridgehead atoms. The SMILES string of the molecule is CC[C@H]1C(=O)N(Cc2ccccn2)C(=O)[C@H]1NC(=O)OC(C)(C)C. The van der Waals surface area contributed by atoms with E-state index in [2.05, 4.69) is 10.3 Å². The van der Waals surface area contributed by atoms with Crippen molar-refractivity contribution in [1.29, 1.82) is 0 Å². The Balaban J connectivity index is 2.13. The molecule has 0 aromatic carbocycles. The Labute approximate surface area is 141 Å². The van der Waals surface area contributed by atoms with Gasteiger partial charge in [-0.1, -0.05) is 13.0 Å². The standard InChI is InChI=1S/C17H23N3O4/c1-5-12-13(19-16(23)24-17(2,3)4)15(22)20(14(12)21)10-11-8-6-7-9-18-11/h6-9,12-13H,5,10H2,1-4H3,(H,19,23)/t12-,13+/m1/s1. The van der Waals surface area contributed by atoms with E-state index >= 15 is 0 Å². The summed E-state index contributed by atoms with van der Waals surface area (Å²) in [5.74, 6) is -1.31. The molecule has 2 atom stereocenters. The van der Waals surface area contributed by atoms with Gasteiger partial charge in [0.15, 0.2) is 0 Å². The number of ether oxygens (including phenoxy) is 1. The minimum atomic E-state index is -0.902. The first-order chi connectivity index (χ1) is 11.2. The van der Waals surface area contributed by atoms with Gasteiger partial charge in [0.05, 0.1) is 18.2 Å². The second kappa shape index (κ2) is 6.98. The van der Waals surface area contributed by atoms with Crippen molar-refractivity contribution in [2.45, 2.75) is 52.3 Å². The molecule has 0 unspecified atom stereocenters. The first-order valence-electron chi connectivity index (χ1n) is 7.97. The van der Waals surface area contributed by atoms with Gasteiger partial charge < -0.3 is 10.1 Å². The van der Waals surface area contributed by atoms with Crippen LogP contribution >= 0.6 is 0 Å². The number of amides is 3. The lowest BCUT2D eigenvalue weighted by Gasteiger charge is -2.22. The number of carbonyl (C=O) groups excluding carboxylic acids is 3. The maximum atomic E-state index is 12.6. The first kappa shape index (κ1) is 17.9. The third kappa shape index (κ3) is 4.10. The van der Waals surface area contributed by atoms with Crippen molar-refractivity contribution >= 4 is 17.9 Å². The molecule has 3 amide bonds. The lowest BCUT2D eigenvalue weighted by atomic mass is 10.00. The highest BCUT2D eigenvalue weighted by molar-refractivity contribution is 6.08. The van der Waals surface area contributed by atoms with Crippen molar-refractivity contribution in [3.63, 3.8) is 0 Å². The van der Waals surface area contributed by atoms with Crippen molar-refractivity contribution in [1.82, 2.24) is 15.2 Å². The number of hydrogen-bond donors (Lipinski definition) is 1. The lowest BCUT2D eigenvalue weighted by molar-refractivity contribution is -0.140. The topological polar surface area (TPSA) is 88.6 Å². The molecule has 24 heavy (non-hydrogen) atoms. The summed E-state index contributed by atoms with van der Waals surface area (Å²) in [6.07, 6.45) is 1.35. The van der Waals surface area contributed by atoms with Crippen LogP contribution in [0.5, 0.6) is 0 Å². The Morgan fingerprint density at radius 1 is 1.29 bits per heavy atom. The maximum Gasteiger partial charge on any atom is 0.408 e. The second-order valence-corrected chi connectivity index (χ2v) is 6.72. The van der Waals surface area contributed by atoms with Gasteiger partial charge in [-0.25, -0.2) is 4.79 Å². The van der Waals surface area contributed by atoms with Crippen LogP contribution in [0, 0.1) is 5.92 Å². The fourth-order valence-corrected chi connectivity index (χ4v) is 2.61. The van der Waals surface area contributed by atoms with Gasteiger partial charge in [0.25, 0.3) is 5.91 Å². The van der Waals surface area contributed by atoms with Crippen molar-refractivity contribution < 1.29 is 19.1 Å². The number of alkyl carbamates (subject to hydrolysis) is 1. The molecule has 1 aromatic heterocycles. The van der Waals surface area contributed by atoms with E-state index in [4.69, 9.17) is 4.74 Å². The quantitative estimate of drug-likeness (QED) is 0.850. The molecule has 1 aliphatic rings. The van der Waals surface area contributed by atoms with E-state index in [0.717, 1.165) is 4.90 Å². The molecule has 1 aliphatic heterocycles. The molecular formula is C17H23N3O4. The van der Waals surface area contributed by atoms with Crippen molar-refractivity contribution in [3.05, 3.63) is 30.1 Å². The van der Waals surface area contributed by atoms with Gasteiger partial charge in [-0.05, 0) is 39.3 Å². The molecule has 0 saturated carbocycles. The van der Waals surface area contributed by atoms with Gasteiger partial charge >= 0.3 is 6.09 Å². The Kier molecular flexibility index (Phi) is 5.21. The summed E-state index contributed by atoms with van der Waals surface area (Å²) in [6, 6.07) is 4.40. The van der Waals surface area contributed by atoms with Crippen LogP contribution in [0.15, 0.2) is 24.4 Å². The van der Waals surface area contributed by atoms with Gasteiger partial charge in [-0.3, -0.25) is 19.5 Å². The van der Waals surface area contributed by atoms with E-state index in [1.807, 2.05) is 6.92 Å². The monoisotopic (exact) mass is 333 g/mol. The average Bonchev–Trinajstić information content (AvgIpc) is 2.70. The summed E-state index contributed by atoms with van der Waals surface area (Å²) < 4.78 is 5.19. The fourth-order valence-electron chi connectivity index (χ4n) is 2.61. The van der Waals surface area contributed by atoms with E-state index < -0.39 is 29.6 Å². The van der Waals surface area contributed by atoms with Crippen LogP contribution in [0.4, 0.5) is 4.79 Å². The highest BCUT2D eigenvalue weighted by Crippen LogP contribution is 2.25. The number of likely N-dealkylation sites (tertiary alicyclic amines) is 1. The summed E-state index contributed by atoms with van der Waals surface area (Å²) in [5, 5.41) is 2.54. The number of pyridine rings is 1. The largest absolute Gasteiger partial charge is 0.444 e. The number of aromatic nitrogens is 1. The molecule has 0 radical (unpaired) electrons. The van der Waals surface area contributed by atoms with Crippen LogP contribution in [0.1, 0.15) is 39.8 Å². The molecule has 7 heteroatoms. The number of rotatable bonds is 4. The molecular weight excluding hydrogens is 310 g/mol. The number of imide groups is 1. The molecule has 0 spiro atoms. The molecule has 1 aromatic rings. The van der Waals surface area contributed by atoms with Crippen molar-refractivity contribution in [2.75, 3.05) is 0 Å². The molecule has 1 fully saturated rings. The number of nitrogens with one attached hydrogen (secondary N) is 1. The molecule has 7 nitrogen and oxygen atoms in total. The average molecular weight is 333 g/mol. The lowest BCUT2D eigenvalue weighted by Crippen LogP contribution is -2.46. The minimum Gasteiger partial charge on any atom is -0.444 e. The third-order valence-corrected chi connectivity index (χ3v) is 3.68. The summed E-state index contributed by atoms with van der Waals surface area (Å²) >= 11 is 0. The number of hydrogen-bond acceptors (Lipinski definition) is 5. The van der Waals surface area contributed by atoms with Crippen molar-refractivity contribution in [3.8, 4) is 0 Å². The van der Waals surface area contributed by atoms with Gasteiger partial charge in [-0.15, -0.1) is 0 Å². The summed E-state index contributed by atoms with van der Waals surface area (Å²) in [6.45, 7) is 7.11. The zero-order valence-corrected chi connectivity index (χ0v) is 14.4. The van der Waals surface area contributed by atoms with E-state index in [9.17, 15) is 14.4 Å². The first-order valence-corrected chi connectivity index (χ1v) is 7.97. The third-order valence-electron chi connectivity index (χ3n) is 3.68. The van der Waals surface area contributed by atoms with Crippen LogP contribution in [0.2, 0.25) is 0 Å². The molecule has 0 aliphatic carbocycles. The van der Waals surface area contributed by atoms with E-state index in [1.54, 1.807) is 45.2 Å². The Bertz CT molecular complexity index is 624. The Morgan fingerprint density at radius 3 is 2.54 bits per heavy atom. The van der Waals surface area contributed by atoms with Crippen LogP contribution < -0.4 is 5.32 Å². The summed E-state index contributed by atoms with van der Waals surface area (Å²) in [7, 11) is 0. The molecule has 1 N–H and O–H groups in total. The highest BCUT2D eigenvalue weighted by Gasteiger charge is 2.47. The number of carbonyl (C=O) groups is 3. The van der Waals surface area contributed by atoms with Gasteiger partial charge in [0.2, 0.25) is 5.91 Å². The summed E-state index contributed by atoms with van der Waals surface area (Å²) in [5.41, 5.74) is -0.0579. The second-order valence-electron chi connectivity index (χ2n) is 6.72. The van der Waals surface area contributed by atoms with Crippen molar-refractivity contribution in [2.24, 2.45) is 5.92 Å². The molecule has 2 rings (SSSR count). The zero-order valence-electron chi connectivity index (χ0n) is 14.4. The Hall–Kier alpha value is -2.44. The van der Waals surface area contributed by atoms with Gasteiger partial charge in [0.1, 0.15) is 11.6 Å². The smallest absolute Gasteiger partial charge is 0.408 e. The normalized spacial score (nSPS) is 21.1. The fraction of sp³-hybridized carbons (Fsp3) is 0.529. The van der Waals surface area contributed by atoms with Crippen LogP contribution in [-0.2, 0) is 20.9 Å². The maximum absolute atomic E-state index is 12.6. The predicted molar refractivity (Wildman–Crippen MR) is 86.7 cm³/mol. The molecule has 1 saturated heterocycles. The van der Waals surface area contributed by atoms with Gasteiger partial charge in [-0.2, -0.15) is 0 Å².